The minimum atomic E-state index is -0.420. The predicted molar refractivity (Wildman–Crippen MR) is 80.2 cm³/mol. The zero-order valence-corrected chi connectivity index (χ0v) is 12.5. The van der Waals surface area contributed by atoms with Gasteiger partial charge in [-0.1, -0.05) is 6.07 Å². The van der Waals surface area contributed by atoms with Crippen molar-refractivity contribution in [3.8, 4) is 0 Å². The number of thiazole rings is 1. The first-order valence-electron chi connectivity index (χ1n) is 6.70. The van der Waals surface area contributed by atoms with Crippen molar-refractivity contribution in [1.29, 1.82) is 0 Å². The lowest BCUT2D eigenvalue weighted by molar-refractivity contribution is 0.575. The molecule has 4 nitrogen and oxygen atoms in total. The molecule has 20 heavy (non-hydrogen) atoms. The molecule has 0 atom stereocenters. The summed E-state index contributed by atoms with van der Waals surface area (Å²) in [7, 11) is 0. The first kappa shape index (κ1) is 13.3. The average Bonchev–Trinajstić information content (AvgIpc) is 2.79. The van der Waals surface area contributed by atoms with Gasteiger partial charge in [0.05, 0.1) is 5.69 Å². The minimum absolute atomic E-state index is 0.420. The van der Waals surface area contributed by atoms with E-state index in [9.17, 15) is 4.39 Å². The summed E-state index contributed by atoms with van der Waals surface area (Å²) < 4.78 is 13.2. The van der Waals surface area contributed by atoms with E-state index in [1.165, 1.54) is 10.9 Å². The maximum atomic E-state index is 13.2. The van der Waals surface area contributed by atoms with Gasteiger partial charge >= 0.3 is 0 Å². The molecule has 106 valence electrons. The van der Waals surface area contributed by atoms with Crippen LogP contribution in [-0.2, 0) is 0 Å². The van der Waals surface area contributed by atoms with Gasteiger partial charge in [-0.3, -0.25) is 0 Å². The average molecular weight is 292 g/mol. The summed E-state index contributed by atoms with van der Waals surface area (Å²) in [6.45, 7) is 7.61. The molecule has 1 saturated heterocycles. The maximum absolute atomic E-state index is 13.2. The third kappa shape index (κ3) is 2.60. The monoisotopic (exact) mass is 292 g/mol. The highest BCUT2D eigenvalue weighted by Gasteiger charge is 2.20. The van der Waals surface area contributed by atoms with Gasteiger partial charge in [0.2, 0.25) is 5.95 Å². The summed E-state index contributed by atoms with van der Waals surface area (Å²) in [6.07, 6.45) is 0. The van der Waals surface area contributed by atoms with Crippen molar-refractivity contribution in [1.82, 2.24) is 9.97 Å². The molecule has 2 aromatic rings. The number of rotatable bonds is 2. The Kier molecular flexibility index (Phi) is 3.56. The highest BCUT2D eigenvalue weighted by Crippen LogP contribution is 2.26. The van der Waals surface area contributed by atoms with Crippen molar-refractivity contribution < 1.29 is 4.39 Å². The molecule has 0 aromatic carbocycles. The first-order valence-corrected chi connectivity index (χ1v) is 7.51. The van der Waals surface area contributed by atoms with Gasteiger partial charge in [-0.05, 0) is 26.0 Å². The number of aromatic nitrogens is 2. The van der Waals surface area contributed by atoms with Crippen molar-refractivity contribution in [3.05, 3.63) is 34.7 Å². The van der Waals surface area contributed by atoms with Gasteiger partial charge < -0.3 is 9.80 Å². The standard InChI is InChI=1S/C14H17FN4S/c1-10-11(2)20-14(16-10)19-8-6-18(7-9-19)13-5-3-4-12(15)17-13/h3-5H,6-9H2,1-2H3. The fraction of sp³-hybridized carbons (Fsp3) is 0.429. The molecule has 0 amide bonds. The quantitative estimate of drug-likeness (QED) is 0.797. The van der Waals surface area contributed by atoms with E-state index in [2.05, 4.69) is 26.7 Å². The van der Waals surface area contributed by atoms with Gasteiger partial charge in [-0.15, -0.1) is 11.3 Å². The Bertz CT molecular complexity index is 585. The Labute approximate surface area is 121 Å². The van der Waals surface area contributed by atoms with Crippen LogP contribution in [0.15, 0.2) is 18.2 Å². The fourth-order valence-corrected chi connectivity index (χ4v) is 3.25. The Morgan fingerprint density at radius 3 is 2.35 bits per heavy atom. The fourth-order valence-electron chi connectivity index (χ4n) is 2.29. The van der Waals surface area contributed by atoms with Crippen LogP contribution in [0.25, 0.3) is 0 Å². The number of pyridine rings is 1. The van der Waals surface area contributed by atoms with E-state index in [0.717, 1.165) is 42.8 Å². The molecular weight excluding hydrogens is 275 g/mol. The number of aryl methyl sites for hydroxylation is 2. The Hall–Kier alpha value is -1.69. The van der Waals surface area contributed by atoms with E-state index in [1.54, 1.807) is 17.4 Å². The molecule has 0 N–H and O–H groups in total. The molecule has 6 heteroatoms. The highest BCUT2D eigenvalue weighted by molar-refractivity contribution is 7.15. The molecule has 3 rings (SSSR count). The molecular formula is C14H17FN4S. The van der Waals surface area contributed by atoms with Crippen molar-refractivity contribution >= 4 is 22.3 Å². The van der Waals surface area contributed by atoms with Crippen LogP contribution in [0, 0.1) is 19.8 Å². The van der Waals surface area contributed by atoms with Crippen LogP contribution in [0.2, 0.25) is 0 Å². The summed E-state index contributed by atoms with van der Waals surface area (Å²) in [4.78, 5) is 14.2. The number of hydrogen-bond acceptors (Lipinski definition) is 5. The molecule has 2 aromatic heterocycles. The lowest BCUT2D eigenvalue weighted by atomic mass is 10.3. The summed E-state index contributed by atoms with van der Waals surface area (Å²) >= 11 is 1.74. The summed E-state index contributed by atoms with van der Waals surface area (Å²) in [5, 5.41) is 1.09. The lowest BCUT2D eigenvalue weighted by Crippen LogP contribution is -2.46. The van der Waals surface area contributed by atoms with E-state index in [4.69, 9.17) is 0 Å². The second kappa shape index (κ2) is 5.36. The topological polar surface area (TPSA) is 32.3 Å². The zero-order chi connectivity index (χ0) is 14.1. The molecule has 1 aliphatic heterocycles. The normalized spacial score (nSPS) is 15.8. The van der Waals surface area contributed by atoms with Crippen molar-refractivity contribution in [3.63, 3.8) is 0 Å². The van der Waals surface area contributed by atoms with Gasteiger partial charge in [0.1, 0.15) is 5.82 Å². The van der Waals surface area contributed by atoms with Crippen LogP contribution in [0.4, 0.5) is 15.3 Å². The van der Waals surface area contributed by atoms with Gasteiger partial charge in [0, 0.05) is 31.1 Å². The Morgan fingerprint density at radius 2 is 1.75 bits per heavy atom. The molecule has 0 radical (unpaired) electrons. The number of halogens is 1. The second-order valence-electron chi connectivity index (χ2n) is 4.93. The molecule has 0 spiro atoms. The van der Waals surface area contributed by atoms with E-state index < -0.39 is 5.95 Å². The first-order chi connectivity index (χ1) is 9.63. The summed E-state index contributed by atoms with van der Waals surface area (Å²) in [5.74, 6) is 0.298. The van der Waals surface area contributed by atoms with Gasteiger partial charge in [0.25, 0.3) is 0 Å². The molecule has 1 fully saturated rings. The van der Waals surface area contributed by atoms with Crippen LogP contribution in [0.3, 0.4) is 0 Å². The zero-order valence-electron chi connectivity index (χ0n) is 11.6. The van der Waals surface area contributed by atoms with Gasteiger partial charge in [-0.25, -0.2) is 9.97 Å². The predicted octanol–water partition coefficient (Wildman–Crippen LogP) is 2.62. The lowest BCUT2D eigenvalue weighted by Gasteiger charge is -2.35. The molecule has 3 heterocycles. The number of nitrogens with zero attached hydrogens (tertiary/aromatic N) is 4. The van der Waals surface area contributed by atoms with E-state index in [-0.39, 0.29) is 0 Å². The van der Waals surface area contributed by atoms with Crippen LogP contribution < -0.4 is 9.80 Å². The highest BCUT2D eigenvalue weighted by atomic mass is 32.1. The molecule has 0 aliphatic carbocycles. The van der Waals surface area contributed by atoms with E-state index in [0.29, 0.717) is 0 Å². The number of piperazine rings is 1. The van der Waals surface area contributed by atoms with E-state index in [1.807, 2.05) is 13.0 Å². The van der Waals surface area contributed by atoms with Crippen LogP contribution >= 0.6 is 11.3 Å². The van der Waals surface area contributed by atoms with Crippen LogP contribution in [-0.4, -0.2) is 36.1 Å². The van der Waals surface area contributed by atoms with Crippen molar-refractivity contribution in [2.75, 3.05) is 36.0 Å². The summed E-state index contributed by atoms with van der Waals surface area (Å²) in [5.41, 5.74) is 1.11. The van der Waals surface area contributed by atoms with Crippen LogP contribution in [0.5, 0.6) is 0 Å². The van der Waals surface area contributed by atoms with Gasteiger partial charge in [-0.2, -0.15) is 4.39 Å². The molecule has 0 saturated carbocycles. The third-order valence-electron chi connectivity index (χ3n) is 3.59. The maximum Gasteiger partial charge on any atom is 0.214 e. The smallest absolute Gasteiger partial charge is 0.214 e. The van der Waals surface area contributed by atoms with Gasteiger partial charge in [0.15, 0.2) is 5.13 Å². The summed E-state index contributed by atoms with van der Waals surface area (Å²) in [6, 6.07) is 4.94. The van der Waals surface area contributed by atoms with Crippen LogP contribution in [0.1, 0.15) is 10.6 Å². The molecule has 1 aliphatic rings. The molecule has 0 bridgehead atoms. The van der Waals surface area contributed by atoms with E-state index >= 15 is 0 Å². The van der Waals surface area contributed by atoms with Crippen molar-refractivity contribution in [2.45, 2.75) is 13.8 Å². The minimum Gasteiger partial charge on any atom is -0.353 e. The Balaban J connectivity index is 1.67. The second-order valence-corrected chi connectivity index (χ2v) is 6.11. The SMILES string of the molecule is Cc1nc(N2CCN(c3cccc(F)n3)CC2)sc1C. The van der Waals surface area contributed by atoms with Crippen molar-refractivity contribution in [2.24, 2.45) is 0 Å². The molecule has 0 unspecified atom stereocenters. The third-order valence-corrected chi connectivity index (χ3v) is 4.73. The number of hydrogen-bond donors (Lipinski definition) is 0. The number of anilines is 2. The largest absolute Gasteiger partial charge is 0.353 e. The Morgan fingerprint density at radius 1 is 1.05 bits per heavy atom.